The van der Waals surface area contributed by atoms with Crippen LogP contribution in [0.15, 0.2) is 16.9 Å². The molecule has 8 nitrogen and oxygen atoms in total. The number of likely N-dealkylation sites (tertiary alicyclic amines) is 2. The molecule has 3 N–H and O–H groups in total. The zero-order valence-corrected chi connectivity index (χ0v) is 15.7. The molecule has 0 bridgehead atoms. The van der Waals surface area contributed by atoms with Crippen molar-refractivity contribution in [1.29, 1.82) is 0 Å². The number of amidine groups is 1. The number of amides is 2. The summed E-state index contributed by atoms with van der Waals surface area (Å²) in [5.74, 6) is 0.0712. The second kappa shape index (κ2) is 5.67. The average Bonchev–Trinajstić information content (AvgIpc) is 3.03. The van der Waals surface area contributed by atoms with Gasteiger partial charge >= 0.3 is 0 Å². The van der Waals surface area contributed by atoms with Crippen LogP contribution < -0.4 is 5.73 Å². The summed E-state index contributed by atoms with van der Waals surface area (Å²) in [7, 11) is 0. The molecule has 140 valence electrons. The van der Waals surface area contributed by atoms with E-state index in [-0.39, 0.29) is 40.3 Å². The predicted molar refractivity (Wildman–Crippen MR) is 95.8 cm³/mol. The second-order valence-electron chi connectivity index (χ2n) is 8.43. The third-order valence-electron chi connectivity index (χ3n) is 6.19. The van der Waals surface area contributed by atoms with Gasteiger partial charge in [0.25, 0.3) is 5.91 Å². The zero-order chi connectivity index (χ0) is 18.7. The van der Waals surface area contributed by atoms with Crippen LogP contribution in [0, 0.1) is 22.7 Å². The van der Waals surface area contributed by atoms with Crippen molar-refractivity contribution in [2.45, 2.75) is 20.3 Å². The Morgan fingerprint density at radius 3 is 2.50 bits per heavy atom. The molecule has 9 heteroatoms. The van der Waals surface area contributed by atoms with Crippen LogP contribution in [0.1, 0.15) is 29.9 Å². The summed E-state index contributed by atoms with van der Waals surface area (Å²) in [4.78, 5) is 33.4. The van der Waals surface area contributed by atoms with E-state index >= 15 is 0 Å². The van der Waals surface area contributed by atoms with E-state index in [9.17, 15) is 9.59 Å². The summed E-state index contributed by atoms with van der Waals surface area (Å²) in [6.45, 7) is 6.20. The van der Waals surface area contributed by atoms with Crippen LogP contribution in [0.5, 0.6) is 0 Å². The molecule has 26 heavy (non-hydrogen) atoms. The van der Waals surface area contributed by atoms with Crippen molar-refractivity contribution in [2.75, 3.05) is 26.2 Å². The molecule has 4 rings (SSSR count). The predicted octanol–water partition coefficient (Wildman–Crippen LogP) is 0.836. The highest BCUT2D eigenvalue weighted by molar-refractivity contribution is 7.11. The van der Waals surface area contributed by atoms with Gasteiger partial charge in [-0.1, -0.05) is 19.0 Å². The number of carbonyl (C=O) groups is 2. The molecule has 3 aliphatic rings. The van der Waals surface area contributed by atoms with Crippen molar-refractivity contribution >= 4 is 29.0 Å². The lowest BCUT2D eigenvalue weighted by Crippen LogP contribution is -2.64. The number of hydrogen-bond donors (Lipinski definition) is 2. The molecule has 0 aromatic carbocycles. The van der Waals surface area contributed by atoms with Crippen molar-refractivity contribution in [3.05, 3.63) is 16.6 Å². The summed E-state index contributed by atoms with van der Waals surface area (Å²) >= 11 is 1.30. The number of rotatable bonds is 3. The minimum Gasteiger partial charge on any atom is -0.409 e. The topological polar surface area (TPSA) is 112 Å². The molecule has 2 aliphatic heterocycles. The van der Waals surface area contributed by atoms with Gasteiger partial charge in [0.2, 0.25) is 5.91 Å². The van der Waals surface area contributed by atoms with Gasteiger partial charge in [-0.25, -0.2) is 0 Å². The molecule has 3 fully saturated rings. The van der Waals surface area contributed by atoms with Crippen molar-refractivity contribution in [3.8, 4) is 0 Å². The summed E-state index contributed by atoms with van der Waals surface area (Å²) in [5, 5.41) is 12.4. The van der Waals surface area contributed by atoms with Gasteiger partial charge in [-0.15, -0.1) is 11.3 Å². The van der Waals surface area contributed by atoms with Gasteiger partial charge in [0.1, 0.15) is 10.7 Å². The minimum absolute atomic E-state index is 0.0896. The standard InChI is InChI=1S/C17H23N5O3S/c1-16(2)3-10(16)14(23)22-7-17(8-22)6-21(5-11(17)13(18)20-25)15(24)12-4-19-9-26-12/h4,9-11,25H,3,5-8H2,1-2H3,(H2,18,20)/t10-,11?/m1/s1. The number of nitrogens with zero attached hydrogens (tertiary/aromatic N) is 4. The molecule has 1 saturated carbocycles. The van der Waals surface area contributed by atoms with E-state index in [1.807, 2.05) is 4.90 Å². The Morgan fingerprint density at radius 1 is 1.31 bits per heavy atom. The number of aromatic nitrogens is 1. The zero-order valence-electron chi connectivity index (χ0n) is 14.9. The first-order valence-corrected chi connectivity index (χ1v) is 9.59. The summed E-state index contributed by atoms with van der Waals surface area (Å²) in [6.07, 6.45) is 2.48. The highest BCUT2D eigenvalue weighted by atomic mass is 32.1. The Balaban J connectivity index is 1.49. The fourth-order valence-electron chi connectivity index (χ4n) is 4.38. The van der Waals surface area contributed by atoms with Gasteiger partial charge in [0.05, 0.1) is 11.7 Å². The minimum atomic E-state index is -0.328. The maximum Gasteiger partial charge on any atom is 0.265 e. The van der Waals surface area contributed by atoms with Gasteiger partial charge in [0, 0.05) is 43.4 Å². The average molecular weight is 377 g/mol. The fraction of sp³-hybridized carbons (Fsp3) is 0.647. The molecule has 1 aliphatic carbocycles. The van der Waals surface area contributed by atoms with Crippen LogP contribution in [-0.2, 0) is 4.79 Å². The van der Waals surface area contributed by atoms with E-state index in [0.717, 1.165) is 6.42 Å². The third kappa shape index (κ3) is 2.56. The lowest BCUT2D eigenvalue weighted by Gasteiger charge is -2.50. The van der Waals surface area contributed by atoms with Crippen LogP contribution in [0.2, 0.25) is 0 Å². The van der Waals surface area contributed by atoms with Gasteiger partial charge in [0.15, 0.2) is 0 Å². The molecule has 1 aromatic heterocycles. The first kappa shape index (κ1) is 17.3. The Hall–Kier alpha value is -2.16. The molecule has 0 radical (unpaired) electrons. The first-order chi connectivity index (χ1) is 12.3. The molecule has 1 unspecified atom stereocenters. The first-order valence-electron chi connectivity index (χ1n) is 8.71. The molecular weight excluding hydrogens is 354 g/mol. The smallest absolute Gasteiger partial charge is 0.265 e. The quantitative estimate of drug-likeness (QED) is 0.351. The molecule has 2 saturated heterocycles. The maximum absolute atomic E-state index is 12.7. The number of hydrogen-bond acceptors (Lipinski definition) is 6. The van der Waals surface area contributed by atoms with Crippen molar-refractivity contribution in [3.63, 3.8) is 0 Å². The maximum atomic E-state index is 12.7. The Labute approximate surface area is 155 Å². The van der Waals surface area contributed by atoms with E-state index in [1.165, 1.54) is 11.3 Å². The lowest BCUT2D eigenvalue weighted by molar-refractivity contribution is -0.146. The third-order valence-corrected chi connectivity index (χ3v) is 6.95. The molecule has 2 amide bonds. The number of thiazole rings is 1. The Kier molecular flexibility index (Phi) is 3.76. The van der Waals surface area contributed by atoms with E-state index in [1.54, 1.807) is 16.6 Å². The molecule has 2 atom stereocenters. The lowest BCUT2D eigenvalue weighted by atomic mass is 9.71. The van der Waals surface area contributed by atoms with Gasteiger partial charge in [-0.3, -0.25) is 14.6 Å². The highest BCUT2D eigenvalue weighted by Crippen LogP contribution is 2.54. The van der Waals surface area contributed by atoms with Gasteiger partial charge in [-0.2, -0.15) is 0 Å². The van der Waals surface area contributed by atoms with Crippen LogP contribution in [0.25, 0.3) is 0 Å². The second-order valence-corrected chi connectivity index (χ2v) is 9.32. The molecular formula is C17H23N5O3S. The van der Waals surface area contributed by atoms with E-state index < -0.39 is 0 Å². The Morgan fingerprint density at radius 2 is 1.96 bits per heavy atom. The molecule has 3 heterocycles. The molecule has 1 spiro atoms. The van der Waals surface area contributed by atoms with Gasteiger partial charge in [-0.05, 0) is 11.8 Å². The SMILES string of the molecule is CC1(C)C[C@@H]1C(=O)N1CC2(CN(C(=O)c3cncs3)CC2/C(N)=N\O)C1. The van der Waals surface area contributed by atoms with E-state index in [0.29, 0.717) is 31.1 Å². The van der Waals surface area contributed by atoms with Crippen LogP contribution in [0.4, 0.5) is 0 Å². The normalized spacial score (nSPS) is 28.9. The van der Waals surface area contributed by atoms with E-state index in [4.69, 9.17) is 10.9 Å². The van der Waals surface area contributed by atoms with Crippen molar-refractivity contribution in [1.82, 2.24) is 14.8 Å². The Bertz CT molecular complexity index is 769. The van der Waals surface area contributed by atoms with E-state index in [2.05, 4.69) is 24.0 Å². The number of carbonyl (C=O) groups excluding carboxylic acids is 2. The van der Waals surface area contributed by atoms with Crippen molar-refractivity contribution < 1.29 is 14.8 Å². The largest absolute Gasteiger partial charge is 0.409 e. The van der Waals surface area contributed by atoms with Crippen LogP contribution in [-0.4, -0.2) is 63.8 Å². The summed E-state index contributed by atoms with van der Waals surface area (Å²) in [6, 6.07) is 0. The van der Waals surface area contributed by atoms with Crippen LogP contribution in [0.3, 0.4) is 0 Å². The van der Waals surface area contributed by atoms with Gasteiger partial charge < -0.3 is 20.7 Å². The number of nitrogens with two attached hydrogens (primary N) is 1. The van der Waals surface area contributed by atoms with Crippen LogP contribution >= 0.6 is 11.3 Å². The van der Waals surface area contributed by atoms with Crippen molar-refractivity contribution in [2.24, 2.45) is 33.6 Å². The monoisotopic (exact) mass is 377 g/mol. The number of oxime groups is 1. The summed E-state index contributed by atoms with van der Waals surface area (Å²) < 4.78 is 0. The fourth-order valence-corrected chi connectivity index (χ4v) is 4.96. The summed E-state index contributed by atoms with van der Waals surface area (Å²) in [5.41, 5.74) is 7.32. The molecule has 1 aromatic rings. The highest BCUT2D eigenvalue weighted by Gasteiger charge is 2.61.